The molecule has 0 heterocycles. The molecule has 0 saturated heterocycles. The molecule has 0 bridgehead atoms. The van der Waals surface area contributed by atoms with Gasteiger partial charge in [0.2, 0.25) is 0 Å². The number of hydrogen-bond donors (Lipinski definition) is 2. The number of benzene rings is 2. The molecule has 1 atom stereocenters. The third-order valence-electron chi connectivity index (χ3n) is 3.64. The predicted molar refractivity (Wildman–Crippen MR) is 96.5 cm³/mol. The molecule has 0 aromatic heterocycles. The van der Waals surface area contributed by atoms with E-state index in [2.05, 4.69) is 29.7 Å². The summed E-state index contributed by atoms with van der Waals surface area (Å²) in [5.41, 5.74) is 3.00. The van der Waals surface area contributed by atoms with Crippen molar-refractivity contribution >= 4 is 23.0 Å². The maximum absolute atomic E-state index is 13.8. The molecule has 0 spiro atoms. The lowest BCUT2D eigenvalue weighted by Gasteiger charge is -2.18. The van der Waals surface area contributed by atoms with Gasteiger partial charge < -0.3 is 15.4 Å². The van der Waals surface area contributed by atoms with E-state index in [4.69, 9.17) is 17.0 Å². The number of halogens is 1. The van der Waals surface area contributed by atoms with Gasteiger partial charge in [0, 0.05) is 5.69 Å². The van der Waals surface area contributed by atoms with Gasteiger partial charge in [0.25, 0.3) is 0 Å². The van der Waals surface area contributed by atoms with Crippen molar-refractivity contribution in [1.82, 2.24) is 5.32 Å². The third kappa shape index (κ3) is 4.66. The molecular weight excluding hydrogens is 311 g/mol. The van der Waals surface area contributed by atoms with E-state index in [1.807, 2.05) is 25.1 Å². The van der Waals surface area contributed by atoms with Gasteiger partial charge in [-0.2, -0.15) is 0 Å². The fourth-order valence-electron chi connectivity index (χ4n) is 2.22. The standard InChI is InChI=1S/C18H21FN2OS/c1-4-13-5-8-15(9-6-13)21-18(23)20-12(2)14-7-10-17(22-3)16(19)11-14/h5-12H,4H2,1-3H3,(H2,20,21,23)/t12-/m0/s1. The maximum Gasteiger partial charge on any atom is 0.171 e. The van der Waals surface area contributed by atoms with E-state index < -0.39 is 0 Å². The zero-order chi connectivity index (χ0) is 16.8. The van der Waals surface area contributed by atoms with Gasteiger partial charge in [-0.15, -0.1) is 0 Å². The number of aryl methyl sites for hydroxylation is 1. The highest BCUT2D eigenvalue weighted by Crippen LogP contribution is 2.21. The van der Waals surface area contributed by atoms with Gasteiger partial charge in [-0.1, -0.05) is 25.1 Å². The summed E-state index contributed by atoms with van der Waals surface area (Å²) >= 11 is 5.31. The highest BCUT2D eigenvalue weighted by Gasteiger charge is 2.10. The van der Waals surface area contributed by atoms with E-state index in [1.54, 1.807) is 6.07 Å². The third-order valence-corrected chi connectivity index (χ3v) is 3.86. The molecule has 0 amide bonds. The summed E-state index contributed by atoms with van der Waals surface area (Å²) in [7, 11) is 1.45. The smallest absolute Gasteiger partial charge is 0.171 e. The second-order valence-electron chi connectivity index (χ2n) is 5.26. The molecule has 0 unspecified atom stereocenters. The lowest BCUT2D eigenvalue weighted by atomic mass is 10.1. The van der Waals surface area contributed by atoms with Gasteiger partial charge in [-0.25, -0.2) is 4.39 Å². The average molecular weight is 332 g/mol. The molecule has 2 aromatic rings. The molecule has 2 N–H and O–H groups in total. The van der Waals surface area contributed by atoms with Gasteiger partial charge in [0.1, 0.15) is 0 Å². The van der Waals surface area contributed by atoms with E-state index in [0.29, 0.717) is 5.11 Å². The average Bonchev–Trinajstić information content (AvgIpc) is 2.55. The van der Waals surface area contributed by atoms with Gasteiger partial charge in [-0.3, -0.25) is 0 Å². The summed E-state index contributed by atoms with van der Waals surface area (Å²) < 4.78 is 18.7. The van der Waals surface area contributed by atoms with Crippen molar-refractivity contribution in [3.05, 3.63) is 59.4 Å². The van der Waals surface area contributed by atoms with Crippen molar-refractivity contribution in [3.63, 3.8) is 0 Å². The molecule has 2 rings (SSSR count). The fourth-order valence-corrected chi connectivity index (χ4v) is 2.52. The molecule has 0 fully saturated rings. The Morgan fingerprint density at radius 2 is 1.91 bits per heavy atom. The first kappa shape index (κ1) is 17.2. The Labute approximate surface area is 141 Å². The molecule has 0 aliphatic heterocycles. The number of hydrogen-bond acceptors (Lipinski definition) is 2. The van der Waals surface area contributed by atoms with Crippen LogP contribution in [0.15, 0.2) is 42.5 Å². The van der Waals surface area contributed by atoms with Crippen molar-refractivity contribution < 1.29 is 9.13 Å². The van der Waals surface area contributed by atoms with Crippen LogP contribution < -0.4 is 15.4 Å². The molecule has 0 aliphatic carbocycles. The van der Waals surface area contributed by atoms with Crippen LogP contribution in [0.25, 0.3) is 0 Å². The zero-order valence-corrected chi connectivity index (χ0v) is 14.3. The van der Waals surface area contributed by atoms with Crippen molar-refractivity contribution in [2.45, 2.75) is 26.3 Å². The van der Waals surface area contributed by atoms with Crippen LogP contribution in [-0.2, 0) is 6.42 Å². The lowest BCUT2D eigenvalue weighted by molar-refractivity contribution is 0.386. The van der Waals surface area contributed by atoms with Crippen LogP contribution in [0.5, 0.6) is 5.75 Å². The normalized spacial score (nSPS) is 11.7. The first-order valence-electron chi connectivity index (χ1n) is 7.53. The Morgan fingerprint density at radius 3 is 2.48 bits per heavy atom. The maximum atomic E-state index is 13.8. The van der Waals surface area contributed by atoms with E-state index in [9.17, 15) is 4.39 Å². The second-order valence-corrected chi connectivity index (χ2v) is 5.67. The number of nitrogens with one attached hydrogen (secondary N) is 2. The highest BCUT2D eigenvalue weighted by molar-refractivity contribution is 7.80. The van der Waals surface area contributed by atoms with Gasteiger partial charge in [-0.05, 0) is 61.0 Å². The predicted octanol–water partition coefficient (Wildman–Crippen LogP) is 4.44. The van der Waals surface area contributed by atoms with Gasteiger partial charge in [0.15, 0.2) is 16.7 Å². The van der Waals surface area contributed by atoms with E-state index in [-0.39, 0.29) is 17.6 Å². The Kier molecular flexibility index (Phi) is 5.93. The largest absolute Gasteiger partial charge is 0.494 e. The van der Waals surface area contributed by atoms with Crippen LogP contribution in [0.1, 0.15) is 31.0 Å². The van der Waals surface area contributed by atoms with Crippen molar-refractivity contribution in [1.29, 1.82) is 0 Å². The quantitative estimate of drug-likeness (QED) is 0.793. The molecule has 0 aliphatic rings. The summed E-state index contributed by atoms with van der Waals surface area (Å²) in [5.74, 6) is -0.148. The number of anilines is 1. The minimum Gasteiger partial charge on any atom is -0.494 e. The molecule has 0 saturated carbocycles. The minimum absolute atomic E-state index is 0.120. The number of ether oxygens (including phenoxy) is 1. The van der Waals surface area contributed by atoms with Crippen LogP contribution in [0.3, 0.4) is 0 Å². The Balaban J connectivity index is 1.97. The van der Waals surface area contributed by atoms with Crippen LogP contribution in [0, 0.1) is 5.82 Å². The molecule has 5 heteroatoms. The summed E-state index contributed by atoms with van der Waals surface area (Å²) in [6, 6.07) is 12.9. The minimum atomic E-state index is -0.382. The highest BCUT2D eigenvalue weighted by atomic mass is 32.1. The van der Waals surface area contributed by atoms with Crippen LogP contribution in [0.2, 0.25) is 0 Å². The molecule has 23 heavy (non-hydrogen) atoms. The van der Waals surface area contributed by atoms with Crippen LogP contribution in [0.4, 0.5) is 10.1 Å². The van der Waals surface area contributed by atoms with Gasteiger partial charge >= 0.3 is 0 Å². The summed E-state index contributed by atoms with van der Waals surface area (Å²) in [4.78, 5) is 0. The Morgan fingerprint density at radius 1 is 1.22 bits per heavy atom. The molecule has 3 nitrogen and oxygen atoms in total. The SMILES string of the molecule is CCc1ccc(NC(=S)N[C@@H](C)c2ccc(OC)c(F)c2)cc1. The number of methoxy groups -OCH3 is 1. The topological polar surface area (TPSA) is 33.3 Å². The van der Waals surface area contributed by atoms with E-state index in [0.717, 1.165) is 17.7 Å². The van der Waals surface area contributed by atoms with Crippen LogP contribution >= 0.6 is 12.2 Å². The number of rotatable bonds is 5. The fraction of sp³-hybridized carbons (Fsp3) is 0.278. The van der Waals surface area contributed by atoms with Gasteiger partial charge in [0.05, 0.1) is 13.2 Å². The summed E-state index contributed by atoms with van der Waals surface area (Å²) in [6.45, 7) is 4.04. The van der Waals surface area contributed by atoms with E-state index >= 15 is 0 Å². The van der Waals surface area contributed by atoms with Crippen molar-refractivity contribution in [3.8, 4) is 5.75 Å². The van der Waals surface area contributed by atoms with Crippen molar-refractivity contribution in [2.75, 3.05) is 12.4 Å². The Bertz CT molecular complexity index is 673. The molecule has 2 aromatic carbocycles. The first-order valence-corrected chi connectivity index (χ1v) is 7.94. The Hall–Kier alpha value is -2.14. The van der Waals surface area contributed by atoms with Crippen LogP contribution in [-0.4, -0.2) is 12.2 Å². The summed E-state index contributed by atoms with van der Waals surface area (Å²) in [6.07, 6.45) is 1.00. The molecule has 122 valence electrons. The first-order chi connectivity index (χ1) is 11.0. The zero-order valence-electron chi connectivity index (χ0n) is 13.5. The summed E-state index contributed by atoms with van der Waals surface area (Å²) in [5, 5.41) is 6.78. The molecular formula is C18H21FN2OS. The lowest BCUT2D eigenvalue weighted by Crippen LogP contribution is -2.30. The second kappa shape index (κ2) is 7.92. The van der Waals surface area contributed by atoms with Crippen molar-refractivity contribution in [2.24, 2.45) is 0 Å². The monoisotopic (exact) mass is 332 g/mol. The van der Waals surface area contributed by atoms with E-state index in [1.165, 1.54) is 18.7 Å². The molecule has 0 radical (unpaired) electrons. The number of thiocarbonyl (C=S) groups is 1.